The minimum Gasteiger partial charge on any atom is -0.493 e. The average Bonchev–Trinajstić information content (AvgIpc) is 3.10. The number of rotatable bonds is 15. The number of nitrogens with zero attached hydrogens (tertiary/aromatic N) is 2. The zero-order valence-corrected chi connectivity index (χ0v) is 30.5. The number of methoxy groups -OCH3 is 2. The second-order valence-electron chi connectivity index (χ2n) is 11.7. The number of benzene rings is 4. The van der Waals surface area contributed by atoms with Crippen molar-refractivity contribution < 1.29 is 27.5 Å². The molecule has 260 valence electrons. The molecule has 0 aliphatic heterocycles. The first-order valence-electron chi connectivity index (χ1n) is 15.8. The first kappa shape index (κ1) is 37.6. The van der Waals surface area contributed by atoms with Gasteiger partial charge in [0, 0.05) is 25.1 Å². The van der Waals surface area contributed by atoms with Gasteiger partial charge in [-0.2, -0.15) is 0 Å². The van der Waals surface area contributed by atoms with Crippen LogP contribution in [-0.2, 0) is 32.6 Å². The minimum absolute atomic E-state index is 0.0424. The van der Waals surface area contributed by atoms with Crippen LogP contribution in [0, 0.1) is 6.92 Å². The highest BCUT2D eigenvalue weighted by Crippen LogP contribution is 2.33. The number of halogens is 2. The lowest BCUT2D eigenvalue weighted by Crippen LogP contribution is -2.54. The fourth-order valence-corrected chi connectivity index (χ4v) is 6.92. The smallest absolute Gasteiger partial charge is 0.264 e. The number of ether oxygens (including phenoxy) is 2. The Bertz CT molecular complexity index is 1860. The number of hydrogen-bond donors (Lipinski definition) is 1. The third-order valence-corrected chi connectivity index (χ3v) is 10.7. The molecular formula is C37H41Cl2N3O6S. The molecule has 0 aliphatic rings. The molecule has 1 N–H and O–H groups in total. The molecule has 0 spiro atoms. The maximum Gasteiger partial charge on any atom is 0.264 e. The highest BCUT2D eigenvalue weighted by Gasteiger charge is 2.35. The maximum atomic E-state index is 14.7. The zero-order chi connectivity index (χ0) is 35.7. The number of carbonyl (C=O) groups excluding carboxylic acids is 2. The minimum atomic E-state index is -4.35. The molecule has 0 bridgehead atoms. The van der Waals surface area contributed by atoms with Gasteiger partial charge in [0.25, 0.3) is 10.0 Å². The van der Waals surface area contributed by atoms with E-state index < -0.39 is 28.5 Å². The van der Waals surface area contributed by atoms with E-state index in [4.69, 9.17) is 32.7 Å². The van der Waals surface area contributed by atoms with E-state index in [0.717, 1.165) is 15.4 Å². The van der Waals surface area contributed by atoms with Crippen LogP contribution in [0.25, 0.3) is 0 Å². The van der Waals surface area contributed by atoms with Gasteiger partial charge in [-0.1, -0.05) is 84.2 Å². The summed E-state index contributed by atoms with van der Waals surface area (Å²) in [5.41, 5.74) is 2.62. The van der Waals surface area contributed by atoms with Crippen molar-refractivity contribution in [3.05, 3.63) is 118 Å². The van der Waals surface area contributed by atoms with Gasteiger partial charge in [0.05, 0.1) is 34.8 Å². The van der Waals surface area contributed by atoms with Gasteiger partial charge in [-0.25, -0.2) is 8.42 Å². The topological polar surface area (TPSA) is 105 Å². The lowest BCUT2D eigenvalue weighted by molar-refractivity contribution is -0.140. The van der Waals surface area contributed by atoms with E-state index in [1.54, 1.807) is 42.5 Å². The Hall–Kier alpha value is -4.25. The molecule has 4 aromatic rings. The van der Waals surface area contributed by atoms with Gasteiger partial charge in [0.15, 0.2) is 11.5 Å². The van der Waals surface area contributed by atoms with Crippen LogP contribution in [0.15, 0.2) is 95.9 Å². The summed E-state index contributed by atoms with van der Waals surface area (Å²) < 4.78 is 40.6. The molecule has 0 radical (unpaired) electrons. The largest absolute Gasteiger partial charge is 0.493 e. The summed E-state index contributed by atoms with van der Waals surface area (Å²) in [5.74, 6) is -0.403. The predicted octanol–water partition coefficient (Wildman–Crippen LogP) is 7.07. The summed E-state index contributed by atoms with van der Waals surface area (Å²) in [6.07, 6.45) is 0.860. The van der Waals surface area contributed by atoms with Crippen LogP contribution >= 0.6 is 23.2 Å². The van der Waals surface area contributed by atoms with Crippen LogP contribution in [0.4, 0.5) is 5.69 Å². The van der Waals surface area contributed by atoms with E-state index >= 15 is 0 Å². The molecule has 0 aliphatic carbocycles. The van der Waals surface area contributed by atoms with Crippen molar-refractivity contribution in [2.75, 3.05) is 25.1 Å². The third kappa shape index (κ3) is 9.47. The van der Waals surface area contributed by atoms with Crippen LogP contribution in [0.5, 0.6) is 11.5 Å². The summed E-state index contributed by atoms with van der Waals surface area (Å²) in [4.78, 5) is 30.0. The van der Waals surface area contributed by atoms with Crippen LogP contribution in [0.3, 0.4) is 0 Å². The third-order valence-electron chi connectivity index (χ3n) is 8.15. The summed E-state index contributed by atoms with van der Waals surface area (Å²) in [6.45, 7) is 5.07. The monoisotopic (exact) mass is 725 g/mol. The lowest BCUT2D eigenvalue weighted by atomic mass is 10.0. The molecule has 2 atom stereocenters. The van der Waals surface area contributed by atoms with Crippen LogP contribution < -0.4 is 19.1 Å². The van der Waals surface area contributed by atoms with Gasteiger partial charge in [-0.05, 0) is 67.8 Å². The quantitative estimate of drug-likeness (QED) is 0.141. The fourth-order valence-electron chi connectivity index (χ4n) is 5.17. The van der Waals surface area contributed by atoms with Crippen molar-refractivity contribution in [2.24, 2.45) is 0 Å². The van der Waals surface area contributed by atoms with Crippen LogP contribution in [-0.4, -0.2) is 58.0 Å². The number of amides is 2. The second-order valence-corrected chi connectivity index (χ2v) is 14.3. The summed E-state index contributed by atoms with van der Waals surface area (Å²) in [6, 6.07) is 24.2. The van der Waals surface area contributed by atoms with E-state index in [0.29, 0.717) is 22.8 Å². The summed E-state index contributed by atoms with van der Waals surface area (Å²) in [5, 5.41) is 3.65. The van der Waals surface area contributed by atoms with E-state index in [-0.39, 0.29) is 46.3 Å². The molecular weight excluding hydrogens is 685 g/mol. The Labute approximate surface area is 298 Å². The molecule has 0 fully saturated rings. The predicted molar refractivity (Wildman–Crippen MR) is 194 cm³/mol. The molecule has 0 saturated heterocycles. The van der Waals surface area contributed by atoms with E-state index in [1.807, 2.05) is 51.1 Å². The standard InChI is InChI=1S/C37H41Cl2N3O6S/c1-6-26(3)40-37(44)33(21-27-10-8-7-9-11-27)41(23-28-14-18-31(38)32(39)20-28)36(43)24-42(29-15-12-25(2)13-16-29)49(45,46)30-17-19-34(47-4)35(22-30)48-5/h7-20,22,26,33H,6,21,23-24H2,1-5H3,(H,40,44)/t26-,33-/m1/s1. The molecule has 0 aromatic heterocycles. The van der Waals surface area contributed by atoms with Crippen molar-refractivity contribution in [1.82, 2.24) is 10.2 Å². The average molecular weight is 727 g/mol. The number of aryl methyl sites for hydroxylation is 1. The molecule has 4 rings (SSSR count). The van der Waals surface area contributed by atoms with E-state index in [2.05, 4.69) is 5.32 Å². The SMILES string of the molecule is CC[C@@H](C)NC(=O)[C@@H](Cc1ccccc1)N(Cc1ccc(Cl)c(Cl)c1)C(=O)CN(c1ccc(C)cc1)S(=O)(=O)c1ccc(OC)c(OC)c1. The van der Waals surface area contributed by atoms with Crippen molar-refractivity contribution in [3.63, 3.8) is 0 Å². The molecule has 9 nitrogen and oxygen atoms in total. The first-order chi connectivity index (χ1) is 23.4. The molecule has 12 heteroatoms. The number of anilines is 1. The van der Waals surface area contributed by atoms with E-state index in [9.17, 15) is 18.0 Å². The first-order valence-corrected chi connectivity index (χ1v) is 18.0. The maximum absolute atomic E-state index is 14.7. The summed E-state index contributed by atoms with van der Waals surface area (Å²) >= 11 is 12.6. The van der Waals surface area contributed by atoms with Gasteiger partial charge in [-0.3, -0.25) is 13.9 Å². The van der Waals surface area contributed by atoms with Crippen LogP contribution in [0.2, 0.25) is 10.0 Å². The molecule has 0 saturated carbocycles. The van der Waals surface area contributed by atoms with Gasteiger partial charge < -0.3 is 19.7 Å². The van der Waals surface area contributed by atoms with Gasteiger partial charge in [0.1, 0.15) is 12.6 Å². The molecule has 49 heavy (non-hydrogen) atoms. The van der Waals surface area contributed by atoms with Crippen molar-refractivity contribution in [3.8, 4) is 11.5 Å². The molecule has 2 amide bonds. The van der Waals surface area contributed by atoms with Crippen molar-refractivity contribution >= 4 is 50.7 Å². The zero-order valence-electron chi connectivity index (χ0n) is 28.2. The lowest BCUT2D eigenvalue weighted by Gasteiger charge is -2.34. The number of hydrogen-bond acceptors (Lipinski definition) is 6. The van der Waals surface area contributed by atoms with Crippen LogP contribution in [0.1, 0.15) is 37.0 Å². The Morgan fingerprint density at radius 3 is 2.12 bits per heavy atom. The highest BCUT2D eigenvalue weighted by molar-refractivity contribution is 7.92. The Kier molecular flexibility index (Phi) is 13.0. The molecule has 4 aromatic carbocycles. The van der Waals surface area contributed by atoms with Gasteiger partial charge >= 0.3 is 0 Å². The molecule has 0 unspecified atom stereocenters. The van der Waals surface area contributed by atoms with E-state index in [1.165, 1.54) is 37.3 Å². The normalized spacial score (nSPS) is 12.5. The van der Waals surface area contributed by atoms with Crippen molar-refractivity contribution in [1.29, 1.82) is 0 Å². The summed E-state index contributed by atoms with van der Waals surface area (Å²) in [7, 11) is -1.49. The number of sulfonamides is 1. The Morgan fingerprint density at radius 1 is 0.837 bits per heavy atom. The van der Waals surface area contributed by atoms with Crippen molar-refractivity contribution in [2.45, 2.75) is 57.1 Å². The molecule has 0 heterocycles. The van der Waals surface area contributed by atoms with Gasteiger partial charge in [-0.15, -0.1) is 0 Å². The fraction of sp³-hybridized carbons (Fsp3) is 0.297. The Balaban J connectivity index is 1.84. The number of carbonyl (C=O) groups is 2. The number of nitrogens with one attached hydrogen (secondary N) is 1. The van der Waals surface area contributed by atoms with Gasteiger partial charge in [0.2, 0.25) is 11.8 Å². The highest BCUT2D eigenvalue weighted by atomic mass is 35.5. The second kappa shape index (κ2) is 16.9. The Morgan fingerprint density at radius 2 is 1.51 bits per heavy atom.